The van der Waals surface area contributed by atoms with Crippen LogP contribution in [0.1, 0.15) is 28.1 Å². The van der Waals surface area contributed by atoms with E-state index in [1.165, 1.54) is 4.88 Å². The van der Waals surface area contributed by atoms with Crippen molar-refractivity contribution in [2.24, 2.45) is 10.9 Å². The van der Waals surface area contributed by atoms with Gasteiger partial charge in [-0.05, 0) is 26.3 Å². The van der Waals surface area contributed by atoms with Gasteiger partial charge in [-0.1, -0.05) is 30.3 Å². The highest BCUT2D eigenvalue weighted by atomic mass is 32.1. The van der Waals surface area contributed by atoms with Crippen molar-refractivity contribution in [2.45, 2.75) is 39.8 Å². The number of hydrogen-bond donors (Lipinski definition) is 2. The van der Waals surface area contributed by atoms with Crippen molar-refractivity contribution in [3.8, 4) is 6.07 Å². The lowest BCUT2D eigenvalue weighted by Gasteiger charge is -2.18. The van der Waals surface area contributed by atoms with Crippen LogP contribution in [-0.4, -0.2) is 43.0 Å². The average molecular weight is 428 g/mol. The first kappa shape index (κ1) is 23.5. The van der Waals surface area contributed by atoms with E-state index in [1.807, 2.05) is 51.1 Å². The zero-order valence-electron chi connectivity index (χ0n) is 17.9. The molecule has 2 rings (SSSR count). The highest BCUT2D eigenvalue weighted by molar-refractivity contribution is 7.11. The van der Waals surface area contributed by atoms with Gasteiger partial charge in [0.25, 0.3) is 0 Å². The second kappa shape index (κ2) is 12.1. The Bertz CT molecular complexity index is 869. The molecule has 0 saturated heterocycles. The molecule has 1 aromatic carbocycles. The molecule has 1 aromatic heterocycles. The number of carbonyl (C=O) groups excluding carboxylic acids is 1. The van der Waals surface area contributed by atoms with Gasteiger partial charge >= 0.3 is 0 Å². The normalized spacial score (nSPS) is 13.4. The number of ether oxygens (including phenoxy) is 1. The molecular weight excluding hydrogens is 398 g/mol. The van der Waals surface area contributed by atoms with Crippen molar-refractivity contribution in [1.82, 2.24) is 15.6 Å². The van der Waals surface area contributed by atoms with Crippen LogP contribution in [0.3, 0.4) is 0 Å². The minimum Gasteiger partial charge on any atom is -0.383 e. The standard InChI is InChI=1S/C22H29N5O2S/c1-15(14-29-4)26-22(28)19(12-23)21(25-13-18-8-6-5-7-9-18)24-11-10-20-27-16(2)17(3)30-20/h5-9,15,19H,10-11,13-14H2,1-4H3,(H,24,25)(H,26,28). The van der Waals surface area contributed by atoms with Gasteiger partial charge in [-0.3, -0.25) is 9.79 Å². The fraction of sp³-hybridized carbons (Fsp3) is 0.455. The number of aliphatic imine (C=N–C) groups is 1. The minimum absolute atomic E-state index is 0.199. The number of amides is 1. The van der Waals surface area contributed by atoms with Gasteiger partial charge in [0.05, 0.1) is 29.9 Å². The molecule has 30 heavy (non-hydrogen) atoms. The van der Waals surface area contributed by atoms with E-state index in [1.54, 1.807) is 18.4 Å². The van der Waals surface area contributed by atoms with Crippen LogP contribution in [0.15, 0.2) is 35.3 Å². The smallest absolute Gasteiger partial charge is 0.245 e. The van der Waals surface area contributed by atoms with Gasteiger partial charge in [0.15, 0.2) is 5.92 Å². The molecule has 8 heteroatoms. The Morgan fingerprint density at radius 1 is 1.33 bits per heavy atom. The number of thiazole rings is 1. The first-order chi connectivity index (χ1) is 14.4. The van der Waals surface area contributed by atoms with E-state index in [0.717, 1.165) is 16.3 Å². The lowest BCUT2D eigenvalue weighted by Crippen LogP contribution is -2.45. The number of benzene rings is 1. The molecule has 0 fully saturated rings. The van der Waals surface area contributed by atoms with E-state index < -0.39 is 5.92 Å². The number of nitrogens with zero attached hydrogens (tertiary/aromatic N) is 3. The van der Waals surface area contributed by atoms with Crippen molar-refractivity contribution in [3.05, 3.63) is 51.5 Å². The maximum Gasteiger partial charge on any atom is 0.245 e. The van der Waals surface area contributed by atoms with Crippen molar-refractivity contribution in [3.63, 3.8) is 0 Å². The number of methoxy groups -OCH3 is 1. The van der Waals surface area contributed by atoms with Crippen LogP contribution in [0.5, 0.6) is 0 Å². The minimum atomic E-state index is -1.02. The summed E-state index contributed by atoms with van der Waals surface area (Å²) in [7, 11) is 1.57. The Morgan fingerprint density at radius 2 is 2.07 bits per heavy atom. The second-order valence-corrected chi connectivity index (χ2v) is 8.33. The van der Waals surface area contributed by atoms with Crippen LogP contribution in [0.2, 0.25) is 0 Å². The molecule has 0 aliphatic carbocycles. The second-order valence-electron chi connectivity index (χ2n) is 7.04. The molecule has 7 nitrogen and oxygen atoms in total. The van der Waals surface area contributed by atoms with Crippen LogP contribution in [0.4, 0.5) is 0 Å². The molecular formula is C22H29N5O2S. The summed E-state index contributed by atoms with van der Waals surface area (Å²) in [5.41, 5.74) is 2.04. The molecule has 1 amide bonds. The molecule has 0 spiro atoms. The molecule has 2 atom stereocenters. The topological polar surface area (TPSA) is 99.4 Å². The lowest BCUT2D eigenvalue weighted by molar-refractivity contribution is -0.122. The zero-order valence-corrected chi connectivity index (χ0v) is 18.8. The molecule has 1 heterocycles. The summed E-state index contributed by atoms with van der Waals surface area (Å²) < 4.78 is 5.06. The van der Waals surface area contributed by atoms with Gasteiger partial charge in [-0.2, -0.15) is 5.26 Å². The van der Waals surface area contributed by atoms with E-state index in [0.29, 0.717) is 32.0 Å². The summed E-state index contributed by atoms with van der Waals surface area (Å²) in [4.78, 5) is 23.0. The van der Waals surface area contributed by atoms with E-state index in [4.69, 9.17) is 4.74 Å². The van der Waals surface area contributed by atoms with Gasteiger partial charge in [0.1, 0.15) is 5.84 Å². The van der Waals surface area contributed by atoms with Gasteiger partial charge in [0.2, 0.25) is 5.91 Å². The van der Waals surface area contributed by atoms with Gasteiger partial charge < -0.3 is 15.4 Å². The van der Waals surface area contributed by atoms with Crippen molar-refractivity contribution in [2.75, 3.05) is 20.3 Å². The predicted octanol–water partition coefficient (Wildman–Crippen LogP) is 2.78. The Balaban J connectivity index is 2.11. The number of aryl methyl sites for hydroxylation is 2. The molecule has 0 radical (unpaired) electrons. The monoisotopic (exact) mass is 427 g/mol. The number of aromatic nitrogens is 1. The van der Waals surface area contributed by atoms with Crippen LogP contribution in [-0.2, 0) is 22.5 Å². The first-order valence-electron chi connectivity index (χ1n) is 9.88. The number of hydrogen-bond acceptors (Lipinski definition) is 6. The van der Waals surface area contributed by atoms with E-state index in [-0.39, 0.29) is 11.9 Å². The summed E-state index contributed by atoms with van der Waals surface area (Å²) in [5.74, 6) is -1.04. The molecule has 0 aliphatic rings. The number of carbonyl (C=O) groups is 1. The van der Waals surface area contributed by atoms with Gasteiger partial charge in [0, 0.05) is 31.0 Å². The highest BCUT2D eigenvalue weighted by Crippen LogP contribution is 2.16. The Morgan fingerprint density at radius 3 is 2.67 bits per heavy atom. The molecule has 2 unspecified atom stereocenters. The number of amidine groups is 1. The molecule has 160 valence electrons. The van der Waals surface area contributed by atoms with E-state index in [9.17, 15) is 10.1 Å². The van der Waals surface area contributed by atoms with Crippen LogP contribution in [0.25, 0.3) is 0 Å². The van der Waals surface area contributed by atoms with Crippen LogP contribution >= 0.6 is 11.3 Å². The Labute approximate surface area is 182 Å². The average Bonchev–Trinajstić information content (AvgIpc) is 3.04. The number of nitrogens with one attached hydrogen (secondary N) is 2. The SMILES string of the molecule is COCC(C)NC(=O)C(C#N)C(=NCc1ccccc1)NCCc1nc(C)c(C)s1. The van der Waals surface area contributed by atoms with Crippen molar-refractivity contribution < 1.29 is 9.53 Å². The first-order valence-corrected chi connectivity index (χ1v) is 10.7. The van der Waals surface area contributed by atoms with Gasteiger partial charge in [-0.25, -0.2) is 4.98 Å². The summed E-state index contributed by atoms with van der Waals surface area (Å²) in [5, 5.41) is 16.7. The third kappa shape index (κ3) is 7.25. The summed E-state index contributed by atoms with van der Waals surface area (Å²) in [6.45, 7) is 7.17. The maximum atomic E-state index is 12.7. The molecule has 2 N–H and O–H groups in total. The fourth-order valence-corrected chi connectivity index (χ4v) is 3.75. The van der Waals surface area contributed by atoms with Crippen LogP contribution < -0.4 is 10.6 Å². The quantitative estimate of drug-likeness (QED) is 0.449. The summed E-state index contributed by atoms with van der Waals surface area (Å²) in [6.07, 6.45) is 0.698. The molecule has 0 bridgehead atoms. The Kier molecular flexibility index (Phi) is 9.45. The van der Waals surface area contributed by atoms with Crippen LogP contribution in [0, 0.1) is 31.1 Å². The largest absolute Gasteiger partial charge is 0.383 e. The zero-order chi connectivity index (χ0) is 21.9. The number of rotatable bonds is 10. The number of nitriles is 1. The molecule has 0 saturated carbocycles. The maximum absolute atomic E-state index is 12.7. The lowest BCUT2D eigenvalue weighted by atomic mass is 10.1. The van der Waals surface area contributed by atoms with E-state index in [2.05, 4.69) is 26.7 Å². The third-order valence-electron chi connectivity index (χ3n) is 4.46. The molecule has 0 aliphatic heterocycles. The summed E-state index contributed by atoms with van der Waals surface area (Å²) in [6, 6.07) is 11.6. The summed E-state index contributed by atoms with van der Waals surface area (Å²) >= 11 is 1.66. The van der Waals surface area contributed by atoms with Gasteiger partial charge in [-0.15, -0.1) is 11.3 Å². The van der Waals surface area contributed by atoms with E-state index >= 15 is 0 Å². The fourth-order valence-electron chi connectivity index (χ4n) is 2.81. The third-order valence-corrected chi connectivity index (χ3v) is 5.60. The molecule has 2 aromatic rings. The predicted molar refractivity (Wildman–Crippen MR) is 119 cm³/mol. The van der Waals surface area contributed by atoms with Crippen molar-refractivity contribution >= 4 is 23.1 Å². The Hall–Kier alpha value is -2.76. The van der Waals surface area contributed by atoms with Crippen molar-refractivity contribution in [1.29, 1.82) is 5.26 Å². The highest BCUT2D eigenvalue weighted by Gasteiger charge is 2.25.